The van der Waals surface area contributed by atoms with Gasteiger partial charge in [0, 0.05) is 6.20 Å². The van der Waals surface area contributed by atoms with E-state index in [2.05, 4.69) is 31.2 Å². The zero-order valence-corrected chi connectivity index (χ0v) is 11.9. The largest absolute Gasteiger partial charge is 0.320 e. The summed E-state index contributed by atoms with van der Waals surface area (Å²) in [6, 6.07) is 4.87. The number of pyridine rings is 2. The Hall–Kier alpha value is -1.17. The zero-order valence-electron chi connectivity index (χ0n) is 8.82. The molecule has 18 heavy (non-hydrogen) atoms. The number of halogens is 3. The minimum absolute atomic E-state index is 0.149. The van der Waals surface area contributed by atoms with Crippen LogP contribution in [0, 0.1) is 0 Å². The van der Waals surface area contributed by atoms with E-state index in [1.54, 1.807) is 18.2 Å². The van der Waals surface area contributed by atoms with Crippen molar-refractivity contribution in [3.63, 3.8) is 0 Å². The Kier molecular flexibility index (Phi) is 4.16. The Morgan fingerprint density at radius 2 is 2.06 bits per heavy atom. The van der Waals surface area contributed by atoms with E-state index in [4.69, 9.17) is 23.2 Å². The average Bonchev–Trinajstić information content (AvgIpc) is 2.34. The normalized spacial score (nSPS) is 10.2. The van der Waals surface area contributed by atoms with Gasteiger partial charge in [-0.2, -0.15) is 0 Å². The maximum atomic E-state index is 11.9. The van der Waals surface area contributed by atoms with Crippen molar-refractivity contribution in [2.45, 2.75) is 0 Å². The number of nitrogens with zero attached hydrogens (tertiary/aromatic N) is 2. The van der Waals surface area contributed by atoms with E-state index in [1.807, 2.05) is 0 Å². The number of rotatable bonds is 2. The molecule has 1 amide bonds. The van der Waals surface area contributed by atoms with Gasteiger partial charge in [0.05, 0.1) is 21.9 Å². The van der Waals surface area contributed by atoms with Crippen molar-refractivity contribution in [3.05, 3.63) is 50.9 Å². The number of carbonyl (C=O) groups excluding carboxylic acids is 1. The topological polar surface area (TPSA) is 54.9 Å². The van der Waals surface area contributed by atoms with Gasteiger partial charge in [-0.15, -0.1) is 0 Å². The van der Waals surface area contributed by atoms with Crippen LogP contribution in [0.1, 0.15) is 10.4 Å². The van der Waals surface area contributed by atoms with Gasteiger partial charge in [-0.25, -0.2) is 9.97 Å². The molecule has 0 aromatic carbocycles. The lowest BCUT2D eigenvalue weighted by molar-refractivity contribution is 0.102. The smallest absolute Gasteiger partial charge is 0.258 e. The fourth-order valence-corrected chi connectivity index (χ4v) is 1.90. The van der Waals surface area contributed by atoms with Crippen LogP contribution in [-0.4, -0.2) is 15.9 Å². The second kappa shape index (κ2) is 5.65. The molecular formula is C11H6BrCl2N3O. The lowest BCUT2D eigenvalue weighted by atomic mass is 10.2. The summed E-state index contributed by atoms with van der Waals surface area (Å²) < 4.78 is 0.597. The second-order valence-electron chi connectivity index (χ2n) is 3.29. The quantitative estimate of drug-likeness (QED) is 0.841. The highest BCUT2D eigenvalue weighted by atomic mass is 79.9. The fraction of sp³-hybridized carbons (Fsp3) is 0. The van der Waals surface area contributed by atoms with Crippen LogP contribution < -0.4 is 5.32 Å². The first-order valence-electron chi connectivity index (χ1n) is 4.81. The number of carbonyl (C=O) groups is 1. The molecule has 0 aliphatic rings. The Morgan fingerprint density at radius 3 is 2.72 bits per heavy atom. The highest BCUT2D eigenvalue weighted by Crippen LogP contribution is 2.23. The van der Waals surface area contributed by atoms with Crippen LogP contribution in [0.5, 0.6) is 0 Å². The molecule has 2 aromatic heterocycles. The molecule has 0 fully saturated rings. The molecule has 0 bridgehead atoms. The second-order valence-corrected chi connectivity index (χ2v) is 4.86. The summed E-state index contributed by atoms with van der Waals surface area (Å²) in [4.78, 5) is 19.7. The van der Waals surface area contributed by atoms with Crippen molar-refractivity contribution in [2.75, 3.05) is 5.32 Å². The molecule has 0 spiro atoms. The van der Waals surface area contributed by atoms with Crippen LogP contribution in [0.25, 0.3) is 0 Å². The van der Waals surface area contributed by atoms with Gasteiger partial charge >= 0.3 is 0 Å². The molecule has 0 saturated carbocycles. The highest BCUT2D eigenvalue weighted by Gasteiger charge is 2.11. The lowest BCUT2D eigenvalue weighted by Gasteiger charge is -2.06. The van der Waals surface area contributed by atoms with Gasteiger partial charge < -0.3 is 5.32 Å². The predicted molar refractivity (Wildman–Crippen MR) is 74.1 cm³/mol. The minimum atomic E-state index is -0.357. The number of aromatic nitrogens is 2. The fourth-order valence-electron chi connectivity index (χ4n) is 1.24. The SMILES string of the molecule is O=C(Nc1cnc(Cl)c(Br)c1)c1cccnc1Cl. The van der Waals surface area contributed by atoms with Crippen molar-refractivity contribution < 1.29 is 4.79 Å². The van der Waals surface area contributed by atoms with E-state index in [-0.39, 0.29) is 11.1 Å². The highest BCUT2D eigenvalue weighted by molar-refractivity contribution is 9.10. The van der Waals surface area contributed by atoms with Gasteiger partial charge in [0.1, 0.15) is 10.3 Å². The summed E-state index contributed by atoms with van der Waals surface area (Å²) in [5.74, 6) is -0.357. The Balaban J connectivity index is 2.22. The molecule has 0 saturated heterocycles. The maximum Gasteiger partial charge on any atom is 0.258 e. The standard InChI is InChI=1S/C11H6BrCl2N3O/c12-8-4-6(5-16-10(8)14)17-11(18)7-2-1-3-15-9(7)13/h1-5H,(H,17,18). The van der Waals surface area contributed by atoms with Crippen molar-refractivity contribution in [3.8, 4) is 0 Å². The molecule has 0 radical (unpaired) electrons. The van der Waals surface area contributed by atoms with E-state index in [0.29, 0.717) is 20.9 Å². The monoisotopic (exact) mass is 345 g/mol. The van der Waals surface area contributed by atoms with Gasteiger partial charge in [0.2, 0.25) is 0 Å². The van der Waals surface area contributed by atoms with Gasteiger partial charge in [-0.05, 0) is 34.1 Å². The first-order chi connectivity index (χ1) is 8.58. The molecule has 4 nitrogen and oxygen atoms in total. The predicted octanol–water partition coefficient (Wildman–Crippen LogP) is 3.80. The third-order valence-electron chi connectivity index (χ3n) is 2.06. The van der Waals surface area contributed by atoms with Gasteiger partial charge in [-0.1, -0.05) is 23.2 Å². The Labute approximate surface area is 121 Å². The van der Waals surface area contributed by atoms with Crippen LogP contribution in [0.2, 0.25) is 10.3 Å². The van der Waals surface area contributed by atoms with Crippen molar-refractivity contribution in [2.24, 2.45) is 0 Å². The summed E-state index contributed by atoms with van der Waals surface area (Å²) >= 11 is 14.8. The van der Waals surface area contributed by atoms with Gasteiger partial charge in [0.25, 0.3) is 5.91 Å². The van der Waals surface area contributed by atoms with E-state index in [9.17, 15) is 4.79 Å². The summed E-state index contributed by atoms with van der Waals surface area (Å²) in [6.45, 7) is 0. The van der Waals surface area contributed by atoms with E-state index in [0.717, 1.165) is 0 Å². The van der Waals surface area contributed by atoms with Crippen LogP contribution in [-0.2, 0) is 0 Å². The van der Waals surface area contributed by atoms with Crippen molar-refractivity contribution >= 4 is 50.7 Å². The minimum Gasteiger partial charge on any atom is -0.320 e. The molecule has 0 aliphatic carbocycles. The lowest BCUT2D eigenvalue weighted by Crippen LogP contribution is -2.13. The zero-order chi connectivity index (χ0) is 13.1. The molecule has 2 heterocycles. The molecule has 0 aliphatic heterocycles. The van der Waals surface area contributed by atoms with Gasteiger partial charge in [-0.3, -0.25) is 4.79 Å². The Bertz CT molecular complexity index is 607. The first kappa shape index (κ1) is 13.3. The number of hydrogen-bond donors (Lipinski definition) is 1. The molecule has 1 N–H and O–H groups in total. The number of hydrogen-bond acceptors (Lipinski definition) is 3. The number of anilines is 1. The molecule has 0 unspecified atom stereocenters. The summed E-state index contributed by atoms with van der Waals surface area (Å²) in [7, 11) is 0. The van der Waals surface area contributed by atoms with Crippen molar-refractivity contribution in [1.82, 2.24) is 9.97 Å². The maximum absolute atomic E-state index is 11.9. The van der Waals surface area contributed by atoms with Gasteiger partial charge in [0.15, 0.2) is 0 Å². The Morgan fingerprint density at radius 1 is 1.28 bits per heavy atom. The van der Waals surface area contributed by atoms with Crippen LogP contribution >= 0.6 is 39.1 Å². The molecule has 0 atom stereocenters. The summed E-state index contributed by atoms with van der Waals surface area (Å²) in [6.07, 6.45) is 2.97. The van der Waals surface area contributed by atoms with Crippen LogP contribution in [0.3, 0.4) is 0 Å². The molecule has 2 aromatic rings. The van der Waals surface area contributed by atoms with E-state index >= 15 is 0 Å². The molecule has 7 heteroatoms. The third kappa shape index (κ3) is 2.98. The van der Waals surface area contributed by atoms with Crippen molar-refractivity contribution in [1.29, 1.82) is 0 Å². The number of nitrogens with one attached hydrogen (secondary N) is 1. The number of amides is 1. The molecule has 92 valence electrons. The van der Waals surface area contributed by atoms with E-state index in [1.165, 1.54) is 12.4 Å². The molecular weight excluding hydrogens is 341 g/mol. The third-order valence-corrected chi connectivity index (χ3v) is 3.49. The van der Waals surface area contributed by atoms with E-state index < -0.39 is 0 Å². The first-order valence-corrected chi connectivity index (χ1v) is 6.35. The summed E-state index contributed by atoms with van der Waals surface area (Å²) in [5, 5.41) is 3.13. The molecule has 2 rings (SSSR count). The summed E-state index contributed by atoms with van der Waals surface area (Å²) in [5.41, 5.74) is 0.807. The van der Waals surface area contributed by atoms with Crippen LogP contribution in [0.4, 0.5) is 5.69 Å². The average molecular weight is 347 g/mol. The van der Waals surface area contributed by atoms with Crippen LogP contribution in [0.15, 0.2) is 35.1 Å².